The van der Waals surface area contributed by atoms with Crippen LogP contribution in [0.2, 0.25) is 0 Å². The lowest BCUT2D eigenvalue weighted by molar-refractivity contribution is -0.118. The van der Waals surface area contributed by atoms with Crippen LogP contribution in [0.1, 0.15) is 22.5 Å². The normalized spacial score (nSPS) is 20.3. The number of anilines is 1. The van der Waals surface area contributed by atoms with Crippen molar-refractivity contribution < 1.29 is 13.9 Å². The van der Waals surface area contributed by atoms with Crippen LogP contribution in [0, 0.1) is 25.2 Å². The highest BCUT2D eigenvalue weighted by molar-refractivity contribution is 9.10. The summed E-state index contributed by atoms with van der Waals surface area (Å²) in [6.45, 7) is 3.43. The van der Waals surface area contributed by atoms with Crippen LogP contribution >= 0.6 is 15.9 Å². The summed E-state index contributed by atoms with van der Waals surface area (Å²) in [6.07, 6.45) is 0. The van der Waals surface area contributed by atoms with Gasteiger partial charge in [-0.3, -0.25) is 4.79 Å². The molecule has 1 unspecified atom stereocenters. The number of nitrogens with one attached hydrogen (secondary N) is 1. The molecule has 7 nitrogen and oxygen atoms in total. The molecule has 4 rings (SSSR count). The molecular formula is C18H12BrN3O4. The third-order valence-corrected chi connectivity index (χ3v) is 5.69. The Morgan fingerprint density at radius 3 is 2.69 bits per heavy atom. The molecule has 0 bridgehead atoms. The predicted molar refractivity (Wildman–Crippen MR) is 95.5 cm³/mol. The summed E-state index contributed by atoms with van der Waals surface area (Å²) in [5.74, 6) is -0.369. The Morgan fingerprint density at radius 1 is 1.27 bits per heavy atom. The standard InChI is InChI=1S/C18H12BrN3O4/c1-7-3-4-10-12(14(7)19)18(17(24)22-10)9(6-20)15(21)26-11-5-8(2)25-16(23)13(11)18/h3-5H,21H2,1-2H3,(H,22,24). The number of nitriles is 1. The molecule has 1 atom stereocenters. The van der Waals surface area contributed by atoms with Gasteiger partial charge in [-0.2, -0.15) is 5.26 Å². The highest BCUT2D eigenvalue weighted by atomic mass is 79.9. The van der Waals surface area contributed by atoms with Gasteiger partial charge < -0.3 is 20.2 Å². The third-order valence-electron chi connectivity index (χ3n) is 4.67. The number of carbonyl (C=O) groups is 1. The maximum atomic E-state index is 13.2. The fourth-order valence-corrected chi connectivity index (χ4v) is 4.22. The Labute approximate surface area is 156 Å². The molecule has 2 aliphatic rings. The second-order valence-corrected chi connectivity index (χ2v) is 6.95. The number of nitrogens with zero attached hydrogens (tertiary/aromatic N) is 1. The van der Waals surface area contributed by atoms with E-state index in [1.807, 2.05) is 19.1 Å². The van der Waals surface area contributed by atoms with E-state index < -0.39 is 16.9 Å². The lowest BCUT2D eigenvalue weighted by Gasteiger charge is -2.33. The number of hydrogen-bond acceptors (Lipinski definition) is 6. The lowest BCUT2D eigenvalue weighted by Crippen LogP contribution is -2.46. The molecule has 0 radical (unpaired) electrons. The molecule has 1 spiro atoms. The molecule has 1 amide bonds. The van der Waals surface area contributed by atoms with Crippen molar-refractivity contribution in [3.63, 3.8) is 0 Å². The summed E-state index contributed by atoms with van der Waals surface area (Å²) in [5.41, 5.74) is 5.04. The Hall–Kier alpha value is -3.05. The molecule has 8 heteroatoms. The molecule has 2 aromatic rings. The minimum absolute atomic E-state index is 0.0589. The van der Waals surface area contributed by atoms with Gasteiger partial charge in [0, 0.05) is 21.8 Å². The Morgan fingerprint density at radius 2 is 2.00 bits per heavy atom. The van der Waals surface area contributed by atoms with Gasteiger partial charge in [0.15, 0.2) is 5.41 Å². The number of benzene rings is 1. The number of nitrogens with two attached hydrogens (primary N) is 1. The van der Waals surface area contributed by atoms with E-state index in [9.17, 15) is 14.9 Å². The van der Waals surface area contributed by atoms with Crippen LogP contribution < -0.4 is 21.4 Å². The van der Waals surface area contributed by atoms with Crippen molar-refractivity contribution in [1.82, 2.24) is 0 Å². The third kappa shape index (κ3) is 1.81. The first-order valence-electron chi connectivity index (χ1n) is 7.66. The van der Waals surface area contributed by atoms with Crippen LogP contribution in [0.5, 0.6) is 5.75 Å². The van der Waals surface area contributed by atoms with Gasteiger partial charge >= 0.3 is 5.63 Å². The molecule has 0 fully saturated rings. The maximum absolute atomic E-state index is 13.2. The van der Waals surface area contributed by atoms with Crippen molar-refractivity contribution in [3.8, 4) is 11.8 Å². The lowest BCUT2D eigenvalue weighted by atomic mass is 9.69. The summed E-state index contributed by atoms with van der Waals surface area (Å²) < 4.78 is 11.3. The second kappa shape index (κ2) is 5.22. The molecule has 3 heterocycles. The molecule has 0 aliphatic carbocycles. The quantitative estimate of drug-likeness (QED) is 0.683. The maximum Gasteiger partial charge on any atom is 0.344 e. The zero-order chi connectivity index (χ0) is 18.8. The number of ether oxygens (including phenoxy) is 1. The predicted octanol–water partition coefficient (Wildman–Crippen LogP) is 2.34. The number of carbonyl (C=O) groups excluding carboxylic acids is 1. The Bertz CT molecular complexity index is 1140. The van der Waals surface area contributed by atoms with Crippen LogP contribution in [-0.2, 0) is 10.2 Å². The van der Waals surface area contributed by atoms with Crippen molar-refractivity contribution in [1.29, 1.82) is 5.26 Å². The fourth-order valence-electron chi connectivity index (χ4n) is 3.58. The smallest absolute Gasteiger partial charge is 0.344 e. The van der Waals surface area contributed by atoms with Gasteiger partial charge in [0.25, 0.3) is 0 Å². The van der Waals surface area contributed by atoms with Crippen LogP contribution in [-0.4, -0.2) is 5.91 Å². The van der Waals surface area contributed by atoms with Crippen LogP contribution in [0.15, 0.2) is 43.3 Å². The fraction of sp³-hybridized carbons (Fsp3) is 0.167. The largest absolute Gasteiger partial charge is 0.440 e. The van der Waals surface area contributed by atoms with Crippen molar-refractivity contribution in [2.45, 2.75) is 19.3 Å². The Balaban J connectivity index is 2.26. The van der Waals surface area contributed by atoms with Gasteiger partial charge in [0.1, 0.15) is 28.7 Å². The van der Waals surface area contributed by atoms with Gasteiger partial charge in [0.05, 0.1) is 0 Å². The average Bonchev–Trinajstić information content (AvgIpc) is 2.84. The topological polar surface area (TPSA) is 118 Å². The number of halogens is 1. The molecule has 1 aromatic carbocycles. The number of fused-ring (bicyclic) bond motifs is 4. The molecule has 26 heavy (non-hydrogen) atoms. The van der Waals surface area contributed by atoms with Crippen LogP contribution in [0.3, 0.4) is 0 Å². The number of amides is 1. The van der Waals surface area contributed by atoms with E-state index in [1.54, 1.807) is 13.0 Å². The van der Waals surface area contributed by atoms with Crippen LogP contribution in [0.4, 0.5) is 5.69 Å². The monoisotopic (exact) mass is 413 g/mol. The summed E-state index contributed by atoms with van der Waals surface area (Å²) in [5, 5.41) is 12.5. The summed E-state index contributed by atoms with van der Waals surface area (Å²) in [7, 11) is 0. The second-order valence-electron chi connectivity index (χ2n) is 6.16. The van der Waals surface area contributed by atoms with E-state index >= 15 is 0 Å². The minimum Gasteiger partial charge on any atom is -0.440 e. The Kier molecular flexibility index (Phi) is 3.30. The van der Waals surface area contributed by atoms with Gasteiger partial charge in [-0.05, 0) is 25.5 Å². The molecule has 1 aromatic heterocycles. The van der Waals surface area contributed by atoms with Gasteiger partial charge in [0.2, 0.25) is 11.8 Å². The SMILES string of the molecule is Cc1cc2c(c(=O)o1)C1(C(=O)Nc3ccc(C)c(Br)c31)C(C#N)=C(N)O2. The van der Waals surface area contributed by atoms with E-state index in [-0.39, 0.29) is 22.8 Å². The van der Waals surface area contributed by atoms with E-state index in [0.29, 0.717) is 21.5 Å². The van der Waals surface area contributed by atoms with E-state index in [2.05, 4.69) is 21.2 Å². The first kappa shape index (κ1) is 16.4. The average molecular weight is 414 g/mol. The summed E-state index contributed by atoms with van der Waals surface area (Å²) in [4.78, 5) is 25.9. The number of rotatable bonds is 0. The molecule has 0 saturated carbocycles. The molecular weight excluding hydrogens is 402 g/mol. The molecule has 2 aliphatic heterocycles. The summed E-state index contributed by atoms with van der Waals surface area (Å²) in [6, 6.07) is 6.97. The van der Waals surface area contributed by atoms with E-state index in [1.165, 1.54) is 6.07 Å². The zero-order valence-corrected chi connectivity index (χ0v) is 15.4. The first-order chi connectivity index (χ1) is 12.3. The molecule has 0 saturated heterocycles. The zero-order valence-electron chi connectivity index (χ0n) is 13.8. The first-order valence-corrected chi connectivity index (χ1v) is 8.46. The van der Waals surface area contributed by atoms with Gasteiger partial charge in [-0.1, -0.05) is 22.0 Å². The number of hydrogen-bond donors (Lipinski definition) is 2. The highest BCUT2D eigenvalue weighted by Crippen LogP contribution is 2.54. The van der Waals surface area contributed by atoms with Crippen molar-refractivity contribution >= 4 is 27.5 Å². The minimum atomic E-state index is -1.74. The molecule has 3 N–H and O–H groups in total. The van der Waals surface area contributed by atoms with Gasteiger partial charge in [-0.25, -0.2) is 4.79 Å². The highest BCUT2D eigenvalue weighted by Gasteiger charge is 2.59. The number of aryl methyl sites for hydroxylation is 2. The van der Waals surface area contributed by atoms with Crippen molar-refractivity contribution in [3.05, 3.63) is 67.0 Å². The van der Waals surface area contributed by atoms with E-state index in [0.717, 1.165) is 5.56 Å². The summed E-state index contributed by atoms with van der Waals surface area (Å²) >= 11 is 3.50. The molecule has 130 valence electrons. The van der Waals surface area contributed by atoms with Crippen molar-refractivity contribution in [2.75, 3.05) is 5.32 Å². The van der Waals surface area contributed by atoms with Crippen LogP contribution in [0.25, 0.3) is 0 Å². The van der Waals surface area contributed by atoms with Gasteiger partial charge in [-0.15, -0.1) is 0 Å². The van der Waals surface area contributed by atoms with E-state index in [4.69, 9.17) is 14.9 Å². The van der Waals surface area contributed by atoms with Crippen molar-refractivity contribution in [2.24, 2.45) is 5.73 Å².